The van der Waals surface area contributed by atoms with Crippen molar-refractivity contribution in [3.05, 3.63) is 28.8 Å². The summed E-state index contributed by atoms with van der Waals surface area (Å²) >= 11 is 5.89. The zero-order valence-corrected chi connectivity index (χ0v) is 15.1. The highest BCUT2D eigenvalue weighted by molar-refractivity contribution is 7.89. The largest absolute Gasteiger partial charge is 0.350 e. The predicted octanol–water partition coefficient (Wildman–Crippen LogP) is 2.14. The Bertz CT molecular complexity index is 733. The number of carbonyl (C=O) groups excluding carboxylic acids is 1. The van der Waals surface area contributed by atoms with Gasteiger partial charge in [-0.1, -0.05) is 18.5 Å². The van der Waals surface area contributed by atoms with Gasteiger partial charge >= 0.3 is 0 Å². The van der Waals surface area contributed by atoms with Crippen LogP contribution in [0, 0.1) is 11.3 Å². The van der Waals surface area contributed by atoms with Gasteiger partial charge < -0.3 is 5.32 Å². The lowest BCUT2D eigenvalue weighted by Crippen LogP contribution is -2.47. The van der Waals surface area contributed by atoms with Gasteiger partial charge in [-0.2, -0.15) is 9.57 Å². The third-order valence-corrected chi connectivity index (χ3v) is 5.12. The summed E-state index contributed by atoms with van der Waals surface area (Å²) in [5.41, 5.74) is -0.253. The molecular weight excluding hydrogens is 338 g/mol. The number of likely N-dealkylation sites (N-methyl/N-ethyl adjacent to an activating group) is 1. The van der Waals surface area contributed by atoms with Crippen LogP contribution in [0.2, 0.25) is 5.02 Å². The molecule has 0 saturated heterocycles. The molecule has 23 heavy (non-hydrogen) atoms. The standard InChI is InChI=1S/C15H20ClN3O3S/c1-5-19(10-14(20)18-15(2,3)4)23(21,22)12-7-6-11(9-17)13(16)8-12/h6-8H,5,10H2,1-4H3,(H,18,20). The fraction of sp³-hybridized carbons (Fsp3) is 0.467. The van der Waals surface area contributed by atoms with Crippen molar-refractivity contribution in [1.82, 2.24) is 9.62 Å². The molecule has 0 aliphatic rings. The number of nitriles is 1. The van der Waals surface area contributed by atoms with E-state index in [9.17, 15) is 13.2 Å². The van der Waals surface area contributed by atoms with E-state index in [4.69, 9.17) is 16.9 Å². The molecule has 0 radical (unpaired) electrons. The Hall–Kier alpha value is -1.62. The molecule has 1 N–H and O–H groups in total. The molecule has 126 valence electrons. The lowest BCUT2D eigenvalue weighted by molar-refractivity contribution is -0.122. The Morgan fingerprint density at radius 2 is 2.00 bits per heavy atom. The smallest absolute Gasteiger partial charge is 0.243 e. The highest BCUT2D eigenvalue weighted by Crippen LogP contribution is 2.22. The Morgan fingerprint density at radius 3 is 2.43 bits per heavy atom. The van der Waals surface area contributed by atoms with Crippen LogP contribution in [0.3, 0.4) is 0 Å². The minimum Gasteiger partial charge on any atom is -0.350 e. The van der Waals surface area contributed by atoms with Crippen molar-refractivity contribution in [2.75, 3.05) is 13.1 Å². The molecule has 1 rings (SSSR count). The summed E-state index contributed by atoms with van der Waals surface area (Å²) in [5.74, 6) is -0.386. The molecule has 0 bridgehead atoms. The SMILES string of the molecule is CCN(CC(=O)NC(C)(C)C)S(=O)(=O)c1ccc(C#N)c(Cl)c1. The van der Waals surface area contributed by atoms with Crippen LogP contribution >= 0.6 is 11.6 Å². The summed E-state index contributed by atoms with van der Waals surface area (Å²) in [7, 11) is -3.87. The summed E-state index contributed by atoms with van der Waals surface area (Å²) < 4.78 is 26.3. The molecule has 0 aliphatic carbocycles. The lowest BCUT2D eigenvalue weighted by atomic mass is 10.1. The Labute approximate surface area is 142 Å². The van der Waals surface area contributed by atoms with E-state index in [1.807, 2.05) is 26.8 Å². The van der Waals surface area contributed by atoms with Gasteiger partial charge in [-0.15, -0.1) is 0 Å². The van der Waals surface area contributed by atoms with Crippen LogP contribution in [-0.4, -0.2) is 37.3 Å². The minimum absolute atomic E-state index is 0.0492. The van der Waals surface area contributed by atoms with Crippen molar-refractivity contribution < 1.29 is 13.2 Å². The summed E-state index contributed by atoms with van der Waals surface area (Å²) in [5, 5.41) is 11.6. The first-order chi connectivity index (χ1) is 10.5. The van der Waals surface area contributed by atoms with Crippen LogP contribution in [0.15, 0.2) is 23.1 Å². The predicted molar refractivity (Wildman–Crippen MR) is 88.5 cm³/mol. The highest BCUT2D eigenvalue weighted by Gasteiger charge is 2.27. The molecule has 0 saturated carbocycles. The van der Waals surface area contributed by atoms with Crippen LogP contribution in [0.4, 0.5) is 0 Å². The Balaban J connectivity index is 3.07. The first-order valence-corrected chi connectivity index (χ1v) is 8.84. The van der Waals surface area contributed by atoms with Gasteiger partial charge in [0, 0.05) is 12.1 Å². The molecule has 0 fully saturated rings. The van der Waals surface area contributed by atoms with Crippen molar-refractivity contribution in [2.45, 2.75) is 38.1 Å². The van der Waals surface area contributed by atoms with Gasteiger partial charge in [0.1, 0.15) is 6.07 Å². The van der Waals surface area contributed by atoms with Crippen LogP contribution in [0.1, 0.15) is 33.3 Å². The van der Waals surface area contributed by atoms with Gasteiger partial charge in [0.05, 0.1) is 22.0 Å². The van der Waals surface area contributed by atoms with Gasteiger partial charge in [-0.3, -0.25) is 4.79 Å². The molecule has 6 nitrogen and oxygen atoms in total. The van der Waals surface area contributed by atoms with E-state index in [0.29, 0.717) is 0 Å². The van der Waals surface area contributed by atoms with Crippen LogP contribution in [0.25, 0.3) is 0 Å². The average molecular weight is 358 g/mol. The highest BCUT2D eigenvalue weighted by atomic mass is 35.5. The molecule has 1 aromatic carbocycles. The maximum absolute atomic E-state index is 12.6. The normalized spacial score (nSPS) is 12.0. The number of amides is 1. The van der Waals surface area contributed by atoms with E-state index in [2.05, 4.69) is 5.32 Å². The van der Waals surface area contributed by atoms with E-state index in [1.165, 1.54) is 18.2 Å². The van der Waals surface area contributed by atoms with Crippen molar-refractivity contribution in [3.63, 3.8) is 0 Å². The zero-order valence-electron chi connectivity index (χ0n) is 13.6. The topological polar surface area (TPSA) is 90.3 Å². The van der Waals surface area contributed by atoms with Crippen molar-refractivity contribution in [3.8, 4) is 6.07 Å². The second-order valence-electron chi connectivity index (χ2n) is 5.98. The third-order valence-electron chi connectivity index (χ3n) is 2.89. The molecule has 0 unspecified atom stereocenters. The maximum atomic E-state index is 12.6. The molecule has 1 aromatic rings. The fourth-order valence-corrected chi connectivity index (χ4v) is 3.60. The molecule has 8 heteroatoms. The Kier molecular flexibility index (Phi) is 6.17. The van der Waals surface area contributed by atoms with E-state index < -0.39 is 15.6 Å². The summed E-state index contributed by atoms with van der Waals surface area (Å²) in [6.45, 7) is 6.95. The first kappa shape index (κ1) is 19.4. The van der Waals surface area contributed by atoms with Gasteiger partial charge in [-0.05, 0) is 39.0 Å². The quantitative estimate of drug-likeness (QED) is 0.874. The van der Waals surface area contributed by atoms with Gasteiger partial charge in [-0.25, -0.2) is 8.42 Å². The molecule has 0 spiro atoms. The van der Waals surface area contributed by atoms with Crippen molar-refractivity contribution >= 4 is 27.5 Å². The Morgan fingerprint density at radius 1 is 1.39 bits per heavy atom. The third kappa shape index (κ3) is 5.20. The minimum atomic E-state index is -3.87. The van der Waals surface area contributed by atoms with Crippen LogP contribution in [-0.2, 0) is 14.8 Å². The fourth-order valence-electron chi connectivity index (χ4n) is 1.88. The second kappa shape index (κ2) is 7.30. The van der Waals surface area contributed by atoms with Crippen LogP contribution < -0.4 is 5.32 Å². The van der Waals surface area contributed by atoms with Gasteiger partial charge in [0.15, 0.2) is 0 Å². The molecule has 0 atom stereocenters. The number of halogens is 1. The van der Waals surface area contributed by atoms with Gasteiger partial charge in [0.25, 0.3) is 0 Å². The van der Waals surface area contributed by atoms with E-state index >= 15 is 0 Å². The number of nitrogens with zero attached hydrogens (tertiary/aromatic N) is 2. The van der Waals surface area contributed by atoms with E-state index in [0.717, 1.165) is 4.31 Å². The van der Waals surface area contributed by atoms with Gasteiger partial charge in [0.2, 0.25) is 15.9 Å². The number of hydrogen-bond acceptors (Lipinski definition) is 4. The number of sulfonamides is 1. The molecular formula is C15H20ClN3O3S. The number of carbonyl (C=O) groups is 1. The number of nitrogens with one attached hydrogen (secondary N) is 1. The summed E-state index contributed by atoms with van der Waals surface area (Å²) in [6, 6.07) is 5.75. The maximum Gasteiger partial charge on any atom is 0.243 e. The molecule has 1 amide bonds. The molecule has 0 aliphatic heterocycles. The zero-order chi connectivity index (χ0) is 17.8. The first-order valence-electron chi connectivity index (χ1n) is 7.02. The number of rotatable bonds is 5. The van der Waals surface area contributed by atoms with Crippen molar-refractivity contribution in [1.29, 1.82) is 5.26 Å². The average Bonchev–Trinajstić information content (AvgIpc) is 2.42. The lowest BCUT2D eigenvalue weighted by Gasteiger charge is -2.24. The molecule has 0 aromatic heterocycles. The van der Waals surface area contributed by atoms with E-state index in [-0.39, 0.29) is 34.5 Å². The summed E-state index contributed by atoms with van der Waals surface area (Å²) in [4.78, 5) is 11.9. The number of hydrogen-bond donors (Lipinski definition) is 1. The second-order valence-corrected chi connectivity index (χ2v) is 8.33. The molecule has 0 heterocycles. The van der Waals surface area contributed by atoms with Crippen LogP contribution in [0.5, 0.6) is 0 Å². The number of benzene rings is 1. The summed E-state index contributed by atoms with van der Waals surface area (Å²) in [6.07, 6.45) is 0. The van der Waals surface area contributed by atoms with Crippen molar-refractivity contribution in [2.24, 2.45) is 0 Å². The van der Waals surface area contributed by atoms with E-state index in [1.54, 1.807) is 6.92 Å². The monoisotopic (exact) mass is 357 g/mol.